The fourth-order valence-electron chi connectivity index (χ4n) is 1.03. The van der Waals surface area contributed by atoms with E-state index in [1.165, 1.54) is 6.21 Å². The first-order chi connectivity index (χ1) is 5.25. The summed E-state index contributed by atoms with van der Waals surface area (Å²) in [5.74, 6) is 0.445. The van der Waals surface area contributed by atoms with E-state index in [0.29, 0.717) is 5.92 Å². The summed E-state index contributed by atoms with van der Waals surface area (Å²) in [6, 6.07) is 1.86. The van der Waals surface area contributed by atoms with Crippen molar-refractivity contribution < 1.29 is 0 Å². The van der Waals surface area contributed by atoms with Gasteiger partial charge < -0.3 is 5.41 Å². The zero-order chi connectivity index (χ0) is 8.27. The molecule has 2 nitrogen and oxygen atoms in total. The molecule has 1 heterocycles. The lowest BCUT2D eigenvalue weighted by molar-refractivity contribution is 0.856. The molecule has 0 saturated heterocycles. The molecule has 11 heavy (non-hydrogen) atoms. The Morgan fingerprint density at radius 1 is 1.55 bits per heavy atom. The lowest BCUT2D eigenvalue weighted by Gasteiger charge is -2.06. The molecule has 0 aromatic carbocycles. The smallest absolute Gasteiger partial charge is 0.0309 e. The summed E-state index contributed by atoms with van der Waals surface area (Å²) in [4.78, 5) is 4.01. The van der Waals surface area contributed by atoms with E-state index in [-0.39, 0.29) is 0 Å². The molecule has 1 aromatic rings. The number of hydrogen-bond donors (Lipinski definition) is 1. The van der Waals surface area contributed by atoms with Crippen LogP contribution in [-0.2, 0) is 0 Å². The summed E-state index contributed by atoms with van der Waals surface area (Å²) >= 11 is 0. The summed E-state index contributed by atoms with van der Waals surface area (Å²) in [6.07, 6.45) is 4.91. The van der Waals surface area contributed by atoms with Crippen LogP contribution < -0.4 is 0 Å². The topological polar surface area (TPSA) is 36.7 Å². The molecule has 1 rings (SSSR count). The van der Waals surface area contributed by atoms with Crippen LogP contribution in [0.3, 0.4) is 0 Å². The van der Waals surface area contributed by atoms with Crippen molar-refractivity contribution in [3.05, 3.63) is 29.6 Å². The lowest BCUT2D eigenvalue weighted by Crippen LogP contribution is -1.95. The van der Waals surface area contributed by atoms with Gasteiger partial charge in [0.05, 0.1) is 0 Å². The van der Waals surface area contributed by atoms with Crippen LogP contribution in [0.15, 0.2) is 18.5 Å². The van der Waals surface area contributed by atoms with E-state index in [0.717, 1.165) is 11.1 Å². The molecular weight excluding hydrogens is 136 g/mol. The highest BCUT2D eigenvalue weighted by Crippen LogP contribution is 2.15. The first-order valence-electron chi connectivity index (χ1n) is 3.70. The van der Waals surface area contributed by atoms with Crippen molar-refractivity contribution in [3.8, 4) is 0 Å². The van der Waals surface area contributed by atoms with Gasteiger partial charge in [-0.1, -0.05) is 13.8 Å². The van der Waals surface area contributed by atoms with Crippen molar-refractivity contribution in [2.45, 2.75) is 19.8 Å². The maximum Gasteiger partial charge on any atom is 0.0309 e. The molecule has 0 amide bonds. The minimum Gasteiger partial charge on any atom is -0.308 e. The third-order valence-electron chi connectivity index (χ3n) is 1.66. The Kier molecular flexibility index (Phi) is 2.36. The van der Waals surface area contributed by atoms with Crippen molar-refractivity contribution in [1.29, 1.82) is 5.41 Å². The summed E-state index contributed by atoms with van der Waals surface area (Å²) in [5.41, 5.74) is 2.11. The summed E-state index contributed by atoms with van der Waals surface area (Å²) in [6.45, 7) is 4.20. The normalized spacial score (nSPS) is 10.1. The predicted molar refractivity (Wildman–Crippen MR) is 46.2 cm³/mol. The summed E-state index contributed by atoms with van der Waals surface area (Å²) in [7, 11) is 0. The fraction of sp³-hybridized carbons (Fsp3) is 0.333. The maximum atomic E-state index is 7.13. The molecule has 1 N–H and O–H groups in total. The molecule has 1 aromatic heterocycles. The van der Waals surface area contributed by atoms with Crippen molar-refractivity contribution in [1.82, 2.24) is 4.98 Å². The van der Waals surface area contributed by atoms with E-state index in [9.17, 15) is 0 Å². The zero-order valence-electron chi connectivity index (χ0n) is 6.83. The van der Waals surface area contributed by atoms with E-state index in [1.54, 1.807) is 6.20 Å². The molecule has 0 aliphatic carbocycles. The van der Waals surface area contributed by atoms with Crippen LogP contribution in [0.4, 0.5) is 0 Å². The van der Waals surface area contributed by atoms with Crippen LogP contribution in [0.5, 0.6) is 0 Å². The van der Waals surface area contributed by atoms with Crippen LogP contribution in [0, 0.1) is 5.41 Å². The minimum absolute atomic E-state index is 0.445. The van der Waals surface area contributed by atoms with Gasteiger partial charge in [0.1, 0.15) is 0 Å². The van der Waals surface area contributed by atoms with Gasteiger partial charge >= 0.3 is 0 Å². The SMILES string of the molecule is CC(C)c1cnccc1C=N. The van der Waals surface area contributed by atoms with E-state index in [1.807, 2.05) is 12.3 Å². The molecule has 0 unspecified atom stereocenters. The van der Waals surface area contributed by atoms with Gasteiger partial charge in [-0.25, -0.2) is 0 Å². The molecule has 0 saturated carbocycles. The molecule has 0 spiro atoms. The van der Waals surface area contributed by atoms with E-state index in [2.05, 4.69) is 18.8 Å². The highest BCUT2D eigenvalue weighted by molar-refractivity contribution is 5.79. The Bertz CT molecular complexity index is 253. The Hall–Kier alpha value is -1.18. The molecule has 0 aliphatic rings. The quantitative estimate of drug-likeness (QED) is 0.641. The van der Waals surface area contributed by atoms with Gasteiger partial charge in [-0.2, -0.15) is 0 Å². The Morgan fingerprint density at radius 3 is 2.73 bits per heavy atom. The number of hydrogen-bond acceptors (Lipinski definition) is 2. The lowest BCUT2D eigenvalue weighted by atomic mass is 10.0. The third kappa shape index (κ3) is 1.64. The average molecular weight is 148 g/mol. The van der Waals surface area contributed by atoms with Gasteiger partial charge in [-0.15, -0.1) is 0 Å². The number of pyridine rings is 1. The maximum absolute atomic E-state index is 7.13. The summed E-state index contributed by atoms with van der Waals surface area (Å²) < 4.78 is 0. The largest absolute Gasteiger partial charge is 0.308 e. The second-order valence-electron chi connectivity index (χ2n) is 2.80. The van der Waals surface area contributed by atoms with Crippen molar-refractivity contribution >= 4 is 6.21 Å². The summed E-state index contributed by atoms with van der Waals surface area (Å²) in [5, 5.41) is 7.13. The highest BCUT2D eigenvalue weighted by Gasteiger charge is 2.02. The second-order valence-corrected chi connectivity index (χ2v) is 2.80. The Balaban J connectivity index is 3.12. The van der Waals surface area contributed by atoms with E-state index >= 15 is 0 Å². The number of nitrogens with zero attached hydrogens (tertiary/aromatic N) is 1. The minimum atomic E-state index is 0.445. The molecule has 0 bridgehead atoms. The van der Waals surface area contributed by atoms with Crippen LogP contribution >= 0.6 is 0 Å². The first kappa shape index (κ1) is 7.92. The molecule has 0 aliphatic heterocycles. The van der Waals surface area contributed by atoms with Crippen LogP contribution in [0.25, 0.3) is 0 Å². The van der Waals surface area contributed by atoms with Crippen molar-refractivity contribution in [2.75, 3.05) is 0 Å². The van der Waals surface area contributed by atoms with Gasteiger partial charge in [0.25, 0.3) is 0 Å². The zero-order valence-corrected chi connectivity index (χ0v) is 6.83. The van der Waals surface area contributed by atoms with Gasteiger partial charge in [-0.05, 0) is 23.1 Å². The number of aromatic nitrogens is 1. The van der Waals surface area contributed by atoms with Crippen LogP contribution in [-0.4, -0.2) is 11.2 Å². The Morgan fingerprint density at radius 2 is 2.27 bits per heavy atom. The average Bonchev–Trinajstić information content (AvgIpc) is 2.04. The standard InChI is InChI=1S/C9H12N2/c1-7(2)9-6-11-4-3-8(9)5-10/h3-7,10H,1-2H3. The van der Waals surface area contributed by atoms with E-state index in [4.69, 9.17) is 5.41 Å². The van der Waals surface area contributed by atoms with Gasteiger partial charge in [0.15, 0.2) is 0 Å². The van der Waals surface area contributed by atoms with Gasteiger partial charge in [0, 0.05) is 18.6 Å². The highest BCUT2D eigenvalue weighted by atomic mass is 14.6. The molecule has 0 radical (unpaired) electrons. The predicted octanol–water partition coefficient (Wildman–Crippen LogP) is 2.20. The Labute approximate surface area is 66.8 Å². The van der Waals surface area contributed by atoms with E-state index < -0.39 is 0 Å². The molecule has 0 fully saturated rings. The van der Waals surface area contributed by atoms with Gasteiger partial charge in [0.2, 0.25) is 0 Å². The molecule has 0 atom stereocenters. The van der Waals surface area contributed by atoms with Crippen molar-refractivity contribution in [3.63, 3.8) is 0 Å². The first-order valence-corrected chi connectivity index (χ1v) is 3.70. The number of nitrogens with one attached hydrogen (secondary N) is 1. The fourth-order valence-corrected chi connectivity index (χ4v) is 1.03. The monoisotopic (exact) mass is 148 g/mol. The van der Waals surface area contributed by atoms with Crippen molar-refractivity contribution in [2.24, 2.45) is 0 Å². The van der Waals surface area contributed by atoms with Gasteiger partial charge in [-0.3, -0.25) is 4.98 Å². The molecule has 58 valence electrons. The third-order valence-corrected chi connectivity index (χ3v) is 1.66. The second kappa shape index (κ2) is 3.28. The molecular formula is C9H12N2. The number of rotatable bonds is 2. The molecule has 2 heteroatoms. The van der Waals surface area contributed by atoms with Crippen LogP contribution in [0.1, 0.15) is 30.9 Å². The van der Waals surface area contributed by atoms with Crippen LogP contribution in [0.2, 0.25) is 0 Å².